The van der Waals surface area contributed by atoms with Gasteiger partial charge < -0.3 is 68.8 Å². The Morgan fingerprint density at radius 3 is 1.89 bits per heavy atom. The van der Waals surface area contributed by atoms with E-state index in [0.29, 0.717) is 0 Å². The van der Waals surface area contributed by atoms with E-state index in [1.165, 1.54) is 0 Å². The lowest BCUT2D eigenvalue weighted by atomic mass is 9.99. The minimum Gasteiger partial charge on any atom is -0.394 e. The number of ether oxygens (including phenoxy) is 3. The van der Waals surface area contributed by atoms with E-state index in [1.807, 2.05) is 0 Å². The van der Waals surface area contributed by atoms with E-state index in [9.17, 15) is 35.7 Å². The maximum Gasteiger partial charge on any atom is 0.671 e. The van der Waals surface area contributed by atoms with Crippen LogP contribution in [0.15, 0.2) is 0 Å². The highest BCUT2D eigenvalue weighted by atomic mass is 28.4. The average Bonchev–Trinajstić information content (AvgIpc) is 2.85. The van der Waals surface area contributed by atoms with Gasteiger partial charge in [0.25, 0.3) is 0 Å². The number of aliphatic hydroxyl groups excluding tert-OH is 7. The maximum atomic E-state index is 10.2. The largest absolute Gasteiger partial charge is 0.671 e. The van der Waals surface area contributed by atoms with Gasteiger partial charge in [0.05, 0.1) is 19.8 Å². The molecule has 0 spiro atoms. The Morgan fingerprint density at radius 1 is 0.815 bits per heavy atom. The molecule has 9 atom stereocenters. The third-order valence-corrected chi connectivity index (χ3v) is 4.85. The van der Waals surface area contributed by atoms with Gasteiger partial charge in [-0.05, 0) is 0 Å². The van der Waals surface area contributed by atoms with Crippen molar-refractivity contribution >= 4 is 9.05 Å². The normalized spacial score (nSPS) is 46.0. The van der Waals surface area contributed by atoms with Crippen LogP contribution in [0, 0.1) is 0 Å². The SMILES string of the molecule is OC[C@H]1O[C@@](CO[Si](O)(O)O)(O[C@H]2O[C@H](CO)[C@@H](O)[C@H](O)[C@H]2O)[C@@H](O)[C@@H]1O. The van der Waals surface area contributed by atoms with Gasteiger partial charge >= 0.3 is 9.05 Å². The summed E-state index contributed by atoms with van der Waals surface area (Å²) >= 11 is 0. The minimum absolute atomic E-state index is 0.778. The zero-order valence-electron chi connectivity index (χ0n) is 13.8. The molecule has 0 radical (unpaired) electrons. The van der Waals surface area contributed by atoms with Gasteiger partial charge in [-0.25, -0.2) is 0 Å². The van der Waals surface area contributed by atoms with Crippen LogP contribution < -0.4 is 0 Å². The second kappa shape index (κ2) is 8.57. The van der Waals surface area contributed by atoms with E-state index >= 15 is 0 Å². The molecule has 2 heterocycles. The molecule has 0 aromatic carbocycles. The van der Waals surface area contributed by atoms with Crippen molar-refractivity contribution in [1.82, 2.24) is 0 Å². The molecule has 2 saturated heterocycles. The Labute approximate surface area is 153 Å². The molecule has 14 nitrogen and oxygen atoms in total. The average molecular weight is 420 g/mol. The van der Waals surface area contributed by atoms with Crippen molar-refractivity contribution in [3.05, 3.63) is 0 Å². The standard InChI is InChI=1S/C12H24O14Si/c13-1-4-6(15)8(17)9(18)11(24-4)26-12(3-23-27(20,21)22)10(19)7(16)5(2-14)25-12/h4-11,13-22H,1-3H2/t4-,5-,6-,7-,8+,9-,10+,11-,12+/m1/s1. The molecule has 0 aromatic heterocycles. The van der Waals surface area contributed by atoms with Crippen molar-refractivity contribution in [3.63, 3.8) is 0 Å². The van der Waals surface area contributed by atoms with Gasteiger partial charge in [0.15, 0.2) is 6.29 Å². The van der Waals surface area contributed by atoms with Crippen LogP contribution in [-0.2, 0) is 18.6 Å². The van der Waals surface area contributed by atoms with Crippen LogP contribution in [-0.4, -0.2) is 134 Å². The first-order chi connectivity index (χ1) is 12.5. The Morgan fingerprint density at radius 2 is 1.41 bits per heavy atom. The summed E-state index contributed by atoms with van der Waals surface area (Å²) in [6.07, 6.45) is -13.8. The summed E-state index contributed by atoms with van der Waals surface area (Å²) in [4.78, 5) is 27.1. The Kier molecular flexibility index (Phi) is 7.28. The van der Waals surface area contributed by atoms with Crippen molar-refractivity contribution in [3.8, 4) is 0 Å². The third kappa shape index (κ3) is 4.81. The van der Waals surface area contributed by atoms with Crippen LogP contribution in [0.25, 0.3) is 0 Å². The first-order valence-electron chi connectivity index (χ1n) is 7.90. The zero-order chi connectivity index (χ0) is 20.6. The Bertz CT molecular complexity index is 487. The Balaban J connectivity index is 2.26. The predicted octanol–water partition coefficient (Wildman–Crippen LogP) is -6.96. The van der Waals surface area contributed by atoms with E-state index in [2.05, 4.69) is 4.43 Å². The topological polar surface area (TPSA) is 239 Å². The molecular weight excluding hydrogens is 396 g/mol. The summed E-state index contributed by atoms with van der Waals surface area (Å²) in [5, 5.41) is 68.2. The van der Waals surface area contributed by atoms with Crippen LogP contribution in [0.1, 0.15) is 0 Å². The molecule has 0 bridgehead atoms. The van der Waals surface area contributed by atoms with Crippen LogP contribution in [0.3, 0.4) is 0 Å². The third-order valence-electron chi connectivity index (χ3n) is 4.32. The summed E-state index contributed by atoms with van der Waals surface area (Å²) in [5.41, 5.74) is 0. The highest BCUT2D eigenvalue weighted by Gasteiger charge is 2.59. The van der Waals surface area contributed by atoms with E-state index in [4.69, 9.17) is 28.6 Å². The molecule has 27 heavy (non-hydrogen) atoms. The van der Waals surface area contributed by atoms with Gasteiger partial charge in [-0.1, -0.05) is 0 Å². The number of rotatable bonds is 7. The van der Waals surface area contributed by atoms with E-state index in [0.717, 1.165) is 0 Å². The maximum absolute atomic E-state index is 10.2. The smallest absolute Gasteiger partial charge is 0.394 e. The summed E-state index contributed by atoms with van der Waals surface area (Å²) in [5.74, 6) is -2.48. The van der Waals surface area contributed by atoms with E-state index in [-0.39, 0.29) is 0 Å². The van der Waals surface area contributed by atoms with Crippen LogP contribution in [0.4, 0.5) is 0 Å². The van der Waals surface area contributed by atoms with Gasteiger partial charge in [-0.15, -0.1) is 0 Å². The summed E-state index contributed by atoms with van der Waals surface area (Å²) < 4.78 is 20.0. The fraction of sp³-hybridized carbons (Fsp3) is 1.00. The molecule has 0 amide bonds. The first-order valence-corrected chi connectivity index (χ1v) is 9.65. The van der Waals surface area contributed by atoms with Crippen molar-refractivity contribution < 1.29 is 68.8 Å². The van der Waals surface area contributed by atoms with E-state index in [1.54, 1.807) is 0 Å². The molecule has 2 rings (SSSR count). The first kappa shape index (κ1) is 22.9. The van der Waals surface area contributed by atoms with Crippen LogP contribution in [0.5, 0.6) is 0 Å². The monoisotopic (exact) mass is 420 g/mol. The van der Waals surface area contributed by atoms with Gasteiger partial charge in [-0.3, -0.25) is 0 Å². The zero-order valence-corrected chi connectivity index (χ0v) is 14.8. The molecule has 0 saturated carbocycles. The molecule has 10 N–H and O–H groups in total. The molecule has 160 valence electrons. The summed E-state index contributed by atoms with van der Waals surface area (Å²) in [6, 6.07) is 0. The highest BCUT2D eigenvalue weighted by molar-refractivity contribution is 6.48. The second-order valence-corrected chi connectivity index (χ2v) is 7.70. The minimum atomic E-state index is -5.13. The molecule has 2 aliphatic heterocycles. The number of aliphatic hydroxyl groups is 7. The van der Waals surface area contributed by atoms with Crippen molar-refractivity contribution in [1.29, 1.82) is 0 Å². The molecule has 0 aliphatic carbocycles. The second-order valence-electron chi connectivity index (χ2n) is 6.26. The van der Waals surface area contributed by atoms with Gasteiger partial charge in [-0.2, -0.15) is 0 Å². The summed E-state index contributed by atoms with van der Waals surface area (Å²) in [7, 11) is -5.13. The van der Waals surface area contributed by atoms with Gasteiger partial charge in [0.2, 0.25) is 5.79 Å². The molecular formula is C12H24O14Si. The molecule has 0 unspecified atom stereocenters. The van der Waals surface area contributed by atoms with Crippen LogP contribution >= 0.6 is 0 Å². The summed E-state index contributed by atoms with van der Waals surface area (Å²) in [6.45, 7) is -2.66. The molecule has 15 heteroatoms. The molecule has 0 aromatic rings. The Hall–Kier alpha value is -0.343. The molecule has 2 fully saturated rings. The fourth-order valence-corrected chi connectivity index (χ4v) is 3.21. The lowest BCUT2D eigenvalue weighted by molar-refractivity contribution is -0.383. The predicted molar refractivity (Wildman–Crippen MR) is 79.9 cm³/mol. The van der Waals surface area contributed by atoms with E-state index < -0.39 is 83.7 Å². The highest BCUT2D eigenvalue weighted by Crippen LogP contribution is 2.36. The molecule has 2 aliphatic rings. The van der Waals surface area contributed by atoms with Gasteiger partial charge in [0.1, 0.15) is 42.7 Å². The van der Waals surface area contributed by atoms with Crippen molar-refractivity contribution in [2.45, 2.75) is 54.8 Å². The van der Waals surface area contributed by atoms with Crippen molar-refractivity contribution in [2.24, 2.45) is 0 Å². The van der Waals surface area contributed by atoms with Crippen LogP contribution in [0.2, 0.25) is 0 Å². The lowest BCUT2D eigenvalue weighted by Crippen LogP contribution is -2.63. The number of hydrogen-bond donors (Lipinski definition) is 10. The van der Waals surface area contributed by atoms with Gasteiger partial charge in [0, 0.05) is 0 Å². The fourth-order valence-electron chi connectivity index (χ4n) is 2.81. The lowest BCUT2D eigenvalue weighted by Gasteiger charge is -2.43. The number of hydrogen-bond acceptors (Lipinski definition) is 14. The van der Waals surface area contributed by atoms with Crippen molar-refractivity contribution in [2.75, 3.05) is 19.8 Å². The quantitative estimate of drug-likeness (QED) is 0.172.